The van der Waals surface area contributed by atoms with Crippen LogP contribution in [0.1, 0.15) is 84.0 Å². The molecule has 10 nitrogen and oxygen atoms in total. The minimum atomic E-state index is -1.55. The quantitative estimate of drug-likeness (QED) is 0.0821. The number of unbranched alkanes of at least 4 members (excludes halogenated alkanes) is 9. The number of carbonyl (C=O) groups is 3. The molecule has 0 aromatic rings. The van der Waals surface area contributed by atoms with E-state index in [1.54, 1.807) is 0 Å². The van der Waals surface area contributed by atoms with Crippen molar-refractivity contribution < 1.29 is 47.9 Å². The Kier molecular flexibility index (Phi) is 27.7. The molecular weight excluding hydrogens is 484 g/mol. The third-order valence-electron chi connectivity index (χ3n) is 5.42. The molecule has 0 radical (unpaired) electrons. The van der Waals surface area contributed by atoms with Gasteiger partial charge in [0.05, 0.1) is 65.9 Å². The van der Waals surface area contributed by atoms with Crippen molar-refractivity contribution in [3.63, 3.8) is 0 Å². The summed E-state index contributed by atoms with van der Waals surface area (Å²) in [5.41, 5.74) is 0. The summed E-state index contributed by atoms with van der Waals surface area (Å²) >= 11 is 0. The SMILES string of the molecule is CCCCCCCCCCCCOCCOCCOCCOCCOCCOC(=O)CCC(=O)C(=O)O. The van der Waals surface area contributed by atoms with Crippen molar-refractivity contribution in [1.82, 2.24) is 0 Å². The molecule has 0 aromatic heterocycles. The first-order valence-corrected chi connectivity index (χ1v) is 13.9. The van der Waals surface area contributed by atoms with Crippen LogP contribution in [0.25, 0.3) is 0 Å². The van der Waals surface area contributed by atoms with Gasteiger partial charge in [0.1, 0.15) is 6.61 Å². The zero-order valence-electron chi connectivity index (χ0n) is 22.9. The summed E-state index contributed by atoms with van der Waals surface area (Å²) in [6.45, 7) is 7.14. The van der Waals surface area contributed by atoms with Gasteiger partial charge < -0.3 is 33.5 Å². The maximum absolute atomic E-state index is 11.3. The second kappa shape index (κ2) is 29.0. The number of Topliss-reactive ketones (excluding diaryl/α,β-unsaturated/α-hetero) is 1. The highest BCUT2D eigenvalue weighted by atomic mass is 16.6. The molecule has 0 amide bonds. The van der Waals surface area contributed by atoms with Gasteiger partial charge in [-0.15, -0.1) is 0 Å². The van der Waals surface area contributed by atoms with Crippen LogP contribution in [-0.4, -0.2) is 95.5 Å². The largest absolute Gasteiger partial charge is 0.476 e. The number of ether oxygens (including phenoxy) is 6. The number of rotatable bonds is 30. The number of hydrogen-bond acceptors (Lipinski definition) is 9. The van der Waals surface area contributed by atoms with E-state index in [-0.39, 0.29) is 26.1 Å². The standard InChI is InChI=1S/C27H50O10/c1-2-3-4-5-6-7-8-9-10-11-14-32-15-16-33-17-18-34-19-20-35-21-22-36-23-24-37-26(29)13-12-25(28)27(30)31/h2-24H2,1H3,(H,30,31). The van der Waals surface area contributed by atoms with Gasteiger partial charge >= 0.3 is 11.9 Å². The molecule has 0 saturated carbocycles. The van der Waals surface area contributed by atoms with Gasteiger partial charge in [-0.3, -0.25) is 9.59 Å². The minimum Gasteiger partial charge on any atom is -0.476 e. The molecule has 37 heavy (non-hydrogen) atoms. The smallest absolute Gasteiger partial charge is 0.372 e. The normalized spacial score (nSPS) is 11.1. The summed E-state index contributed by atoms with van der Waals surface area (Å²) in [5.74, 6) is -3.20. The van der Waals surface area contributed by atoms with Crippen LogP contribution in [0.4, 0.5) is 0 Å². The molecule has 0 heterocycles. The van der Waals surface area contributed by atoms with Crippen molar-refractivity contribution in [2.75, 3.05) is 72.7 Å². The molecule has 1 N–H and O–H groups in total. The van der Waals surface area contributed by atoms with E-state index in [1.807, 2.05) is 0 Å². The molecule has 0 aliphatic carbocycles. The first-order chi connectivity index (χ1) is 18.1. The maximum atomic E-state index is 11.3. The molecular formula is C27H50O10. The molecule has 0 rings (SSSR count). The molecule has 0 spiro atoms. The van der Waals surface area contributed by atoms with Crippen LogP contribution in [-0.2, 0) is 42.8 Å². The van der Waals surface area contributed by atoms with E-state index < -0.39 is 17.7 Å². The van der Waals surface area contributed by atoms with Gasteiger partial charge in [-0.1, -0.05) is 64.7 Å². The Hall–Kier alpha value is -1.59. The molecule has 0 unspecified atom stereocenters. The van der Waals surface area contributed by atoms with E-state index in [2.05, 4.69) is 6.92 Å². The molecule has 218 valence electrons. The Bertz CT molecular complexity index is 541. The number of carbonyl (C=O) groups excluding carboxylic acids is 2. The topological polar surface area (TPSA) is 127 Å². The van der Waals surface area contributed by atoms with Crippen molar-refractivity contribution >= 4 is 17.7 Å². The Balaban J connectivity index is 3.13. The van der Waals surface area contributed by atoms with Gasteiger partial charge in [0.25, 0.3) is 0 Å². The number of hydrogen-bond donors (Lipinski definition) is 1. The summed E-state index contributed by atoms with van der Waals surface area (Å²) < 4.78 is 32.0. The highest BCUT2D eigenvalue weighted by molar-refractivity contribution is 6.32. The van der Waals surface area contributed by atoms with Crippen LogP contribution >= 0.6 is 0 Å². The van der Waals surface area contributed by atoms with E-state index in [9.17, 15) is 14.4 Å². The Morgan fingerprint density at radius 2 is 0.865 bits per heavy atom. The number of ketones is 1. The lowest BCUT2D eigenvalue weighted by atomic mass is 10.1. The van der Waals surface area contributed by atoms with Crippen molar-refractivity contribution in [1.29, 1.82) is 0 Å². The third kappa shape index (κ3) is 28.8. The maximum Gasteiger partial charge on any atom is 0.372 e. The molecule has 0 saturated heterocycles. The van der Waals surface area contributed by atoms with E-state index in [4.69, 9.17) is 33.5 Å². The van der Waals surface area contributed by atoms with Gasteiger partial charge in [0.15, 0.2) is 0 Å². The molecule has 0 aromatic carbocycles. The average molecular weight is 535 g/mol. The fourth-order valence-electron chi connectivity index (χ4n) is 3.28. The first-order valence-electron chi connectivity index (χ1n) is 13.9. The molecule has 0 bridgehead atoms. The van der Waals surface area contributed by atoms with Gasteiger partial charge in [0, 0.05) is 13.0 Å². The Morgan fingerprint density at radius 1 is 0.486 bits per heavy atom. The van der Waals surface area contributed by atoms with Crippen molar-refractivity contribution in [3.05, 3.63) is 0 Å². The zero-order valence-corrected chi connectivity index (χ0v) is 22.9. The Morgan fingerprint density at radius 3 is 1.30 bits per heavy atom. The molecule has 0 aliphatic heterocycles. The van der Waals surface area contributed by atoms with Gasteiger partial charge in [-0.05, 0) is 6.42 Å². The molecule has 0 atom stereocenters. The summed E-state index contributed by atoms with van der Waals surface area (Å²) in [6.07, 6.45) is 12.6. The van der Waals surface area contributed by atoms with E-state index in [1.165, 1.54) is 57.8 Å². The monoisotopic (exact) mass is 534 g/mol. The van der Waals surface area contributed by atoms with E-state index in [0.717, 1.165) is 13.0 Å². The van der Waals surface area contributed by atoms with Gasteiger partial charge in [-0.25, -0.2) is 4.79 Å². The van der Waals surface area contributed by atoms with Crippen LogP contribution < -0.4 is 0 Å². The molecule has 0 fully saturated rings. The highest BCUT2D eigenvalue weighted by Gasteiger charge is 2.14. The second-order valence-electron chi connectivity index (χ2n) is 8.69. The van der Waals surface area contributed by atoms with Gasteiger partial charge in [0.2, 0.25) is 5.78 Å². The summed E-state index contributed by atoms with van der Waals surface area (Å²) in [6, 6.07) is 0. The third-order valence-corrected chi connectivity index (χ3v) is 5.42. The first kappa shape index (κ1) is 35.4. The number of esters is 1. The summed E-state index contributed by atoms with van der Waals surface area (Å²) in [7, 11) is 0. The second-order valence-corrected chi connectivity index (χ2v) is 8.69. The molecule has 0 aliphatic rings. The predicted molar refractivity (Wildman–Crippen MR) is 139 cm³/mol. The lowest BCUT2D eigenvalue weighted by Gasteiger charge is -2.08. The summed E-state index contributed by atoms with van der Waals surface area (Å²) in [4.78, 5) is 32.5. The lowest BCUT2D eigenvalue weighted by Crippen LogP contribution is -2.17. The fraction of sp³-hybridized carbons (Fsp3) is 0.889. The predicted octanol–water partition coefficient (Wildman–Crippen LogP) is 3.97. The van der Waals surface area contributed by atoms with Gasteiger partial charge in [-0.2, -0.15) is 0 Å². The van der Waals surface area contributed by atoms with E-state index in [0.29, 0.717) is 52.9 Å². The van der Waals surface area contributed by atoms with Crippen molar-refractivity contribution in [3.8, 4) is 0 Å². The van der Waals surface area contributed by atoms with Crippen molar-refractivity contribution in [2.45, 2.75) is 84.0 Å². The summed E-state index contributed by atoms with van der Waals surface area (Å²) in [5, 5.41) is 8.42. The van der Waals surface area contributed by atoms with Crippen LogP contribution in [0.5, 0.6) is 0 Å². The minimum absolute atomic E-state index is 0.0353. The average Bonchev–Trinajstić information content (AvgIpc) is 2.89. The van der Waals surface area contributed by atoms with Crippen molar-refractivity contribution in [2.24, 2.45) is 0 Å². The Labute approximate surface area is 222 Å². The van der Waals surface area contributed by atoms with Crippen LogP contribution in [0.2, 0.25) is 0 Å². The highest BCUT2D eigenvalue weighted by Crippen LogP contribution is 2.10. The number of carboxylic acid groups (broad SMARTS) is 1. The fourth-order valence-corrected chi connectivity index (χ4v) is 3.28. The number of carboxylic acids is 1. The molecule has 10 heteroatoms. The number of aliphatic carboxylic acids is 1. The van der Waals surface area contributed by atoms with Crippen LogP contribution in [0.15, 0.2) is 0 Å². The van der Waals surface area contributed by atoms with Crippen LogP contribution in [0.3, 0.4) is 0 Å². The lowest BCUT2D eigenvalue weighted by molar-refractivity contribution is -0.151. The zero-order chi connectivity index (χ0) is 27.2. The van der Waals surface area contributed by atoms with E-state index >= 15 is 0 Å². The van der Waals surface area contributed by atoms with Crippen LogP contribution in [0, 0.1) is 0 Å².